The van der Waals surface area contributed by atoms with Crippen LogP contribution >= 0.6 is 0 Å². The highest BCUT2D eigenvalue weighted by molar-refractivity contribution is 6.06. The van der Waals surface area contributed by atoms with Crippen molar-refractivity contribution in [1.29, 1.82) is 0 Å². The molecule has 0 radical (unpaired) electrons. The van der Waals surface area contributed by atoms with E-state index in [2.05, 4.69) is 51.4 Å². The van der Waals surface area contributed by atoms with Crippen LogP contribution in [0.2, 0.25) is 0 Å². The van der Waals surface area contributed by atoms with Crippen LogP contribution in [0, 0.1) is 0 Å². The Bertz CT molecular complexity index is 858. The topological polar surface area (TPSA) is 64.9 Å². The zero-order valence-corrected chi connectivity index (χ0v) is 17.8. The number of hydrogen-bond acceptors (Lipinski definition) is 6. The third kappa shape index (κ3) is 4.13. The Morgan fingerprint density at radius 3 is 2.66 bits per heavy atom. The monoisotopic (exact) mass is 392 g/mol. The predicted molar refractivity (Wildman–Crippen MR) is 121 cm³/mol. The molecular formula is C23H32N6. The minimum absolute atomic E-state index is 0.153. The van der Waals surface area contributed by atoms with Crippen molar-refractivity contribution in [2.75, 3.05) is 25.5 Å². The van der Waals surface area contributed by atoms with Gasteiger partial charge >= 0.3 is 0 Å². The smallest absolute Gasteiger partial charge is 0.146 e. The maximum atomic E-state index is 5.24. The minimum Gasteiger partial charge on any atom is -0.358 e. The second-order valence-electron chi connectivity index (χ2n) is 8.25. The van der Waals surface area contributed by atoms with Gasteiger partial charge in [0, 0.05) is 30.5 Å². The van der Waals surface area contributed by atoms with Crippen molar-refractivity contribution < 1.29 is 0 Å². The lowest BCUT2D eigenvalue weighted by molar-refractivity contribution is 0.288. The second kappa shape index (κ2) is 8.49. The molecule has 3 heterocycles. The summed E-state index contributed by atoms with van der Waals surface area (Å²) in [6, 6.07) is 0.503. The number of aliphatic imine (C=N–C) groups is 2. The maximum absolute atomic E-state index is 5.24. The molecule has 1 saturated carbocycles. The van der Waals surface area contributed by atoms with E-state index in [-0.39, 0.29) is 6.17 Å². The van der Waals surface area contributed by atoms with Crippen LogP contribution in [-0.2, 0) is 0 Å². The Morgan fingerprint density at radius 1 is 1.24 bits per heavy atom. The van der Waals surface area contributed by atoms with E-state index in [1.165, 1.54) is 24.0 Å². The molecule has 3 aliphatic rings. The highest BCUT2D eigenvalue weighted by Gasteiger charge is 2.35. The van der Waals surface area contributed by atoms with Gasteiger partial charge in [-0.2, -0.15) is 0 Å². The fourth-order valence-corrected chi connectivity index (χ4v) is 4.31. The molecular weight excluding hydrogens is 360 g/mol. The van der Waals surface area contributed by atoms with Crippen molar-refractivity contribution in [3.63, 3.8) is 0 Å². The summed E-state index contributed by atoms with van der Waals surface area (Å²) < 4.78 is 0. The van der Waals surface area contributed by atoms with E-state index < -0.39 is 0 Å². The molecule has 1 aliphatic carbocycles. The molecule has 29 heavy (non-hydrogen) atoms. The first-order valence-electron chi connectivity index (χ1n) is 10.7. The molecule has 1 saturated heterocycles. The number of amidine groups is 1. The summed E-state index contributed by atoms with van der Waals surface area (Å²) in [4.78, 5) is 16.3. The summed E-state index contributed by atoms with van der Waals surface area (Å²) in [6.45, 7) is 9.79. The lowest BCUT2D eigenvalue weighted by Gasteiger charge is -2.38. The molecule has 1 unspecified atom stereocenters. The van der Waals surface area contributed by atoms with Crippen molar-refractivity contribution in [2.45, 2.75) is 57.7 Å². The highest BCUT2D eigenvalue weighted by Crippen LogP contribution is 2.44. The summed E-state index contributed by atoms with van der Waals surface area (Å²) in [5, 5.41) is 7.10. The third-order valence-corrected chi connectivity index (χ3v) is 6.22. The number of piperidine rings is 1. The molecule has 2 aliphatic heterocycles. The lowest BCUT2D eigenvalue weighted by atomic mass is 9.97. The van der Waals surface area contributed by atoms with E-state index in [0.717, 1.165) is 48.7 Å². The number of nitrogens with one attached hydrogen (secondary N) is 2. The van der Waals surface area contributed by atoms with E-state index in [1.807, 2.05) is 26.2 Å². The van der Waals surface area contributed by atoms with Gasteiger partial charge in [-0.05, 0) is 82.5 Å². The summed E-state index contributed by atoms with van der Waals surface area (Å²) in [5.41, 5.74) is 5.65. The molecule has 1 atom stereocenters. The molecule has 1 aromatic rings. The van der Waals surface area contributed by atoms with Crippen molar-refractivity contribution in [3.8, 4) is 0 Å². The predicted octanol–water partition coefficient (Wildman–Crippen LogP) is 3.69. The lowest BCUT2D eigenvalue weighted by Crippen LogP contribution is -2.46. The summed E-state index contributed by atoms with van der Waals surface area (Å²) in [5.74, 6) is 1.72. The fraction of sp³-hybridized carbons (Fsp3) is 0.522. The maximum Gasteiger partial charge on any atom is 0.146 e. The van der Waals surface area contributed by atoms with Gasteiger partial charge in [0.1, 0.15) is 12.0 Å². The molecule has 2 N–H and O–H groups in total. The van der Waals surface area contributed by atoms with Crippen LogP contribution in [0.3, 0.4) is 0 Å². The number of rotatable bonds is 5. The van der Waals surface area contributed by atoms with Crippen molar-refractivity contribution in [2.24, 2.45) is 9.98 Å². The number of fused-ring (bicyclic) bond motifs is 1. The number of pyridine rings is 1. The zero-order valence-electron chi connectivity index (χ0n) is 17.8. The van der Waals surface area contributed by atoms with Crippen molar-refractivity contribution in [1.82, 2.24) is 15.2 Å². The van der Waals surface area contributed by atoms with Gasteiger partial charge < -0.3 is 15.5 Å². The number of allylic oxidation sites excluding steroid dienone is 2. The van der Waals surface area contributed by atoms with E-state index >= 15 is 0 Å². The van der Waals surface area contributed by atoms with Crippen LogP contribution in [0.4, 0.5) is 5.69 Å². The van der Waals surface area contributed by atoms with Crippen molar-refractivity contribution >= 4 is 18.2 Å². The van der Waals surface area contributed by atoms with Crippen LogP contribution in [0.15, 0.2) is 45.8 Å². The zero-order chi connectivity index (χ0) is 20.4. The van der Waals surface area contributed by atoms with Gasteiger partial charge in [0.25, 0.3) is 0 Å². The fourth-order valence-electron chi connectivity index (χ4n) is 4.31. The van der Waals surface area contributed by atoms with Gasteiger partial charge in [-0.1, -0.05) is 6.08 Å². The minimum atomic E-state index is -0.153. The molecule has 6 heteroatoms. The van der Waals surface area contributed by atoms with Crippen LogP contribution < -0.4 is 10.6 Å². The molecule has 0 spiro atoms. The normalized spacial score (nSPS) is 23.1. The van der Waals surface area contributed by atoms with E-state index in [4.69, 9.17) is 4.99 Å². The first-order chi connectivity index (χ1) is 14.1. The molecule has 1 aromatic heterocycles. The number of aromatic nitrogens is 1. The second-order valence-corrected chi connectivity index (χ2v) is 8.25. The van der Waals surface area contributed by atoms with Gasteiger partial charge in [-0.3, -0.25) is 9.98 Å². The molecule has 0 aromatic carbocycles. The Hall–Kier alpha value is -2.47. The largest absolute Gasteiger partial charge is 0.358 e. The Morgan fingerprint density at radius 2 is 2.00 bits per heavy atom. The average molecular weight is 393 g/mol. The van der Waals surface area contributed by atoms with E-state index in [9.17, 15) is 0 Å². The van der Waals surface area contributed by atoms with E-state index in [1.54, 1.807) is 0 Å². The van der Waals surface area contributed by atoms with Crippen LogP contribution in [-0.4, -0.2) is 54.8 Å². The molecule has 6 nitrogen and oxygen atoms in total. The highest BCUT2D eigenvalue weighted by atomic mass is 15.3. The molecule has 0 bridgehead atoms. The Balaban J connectivity index is 1.76. The van der Waals surface area contributed by atoms with E-state index in [0.29, 0.717) is 12.0 Å². The summed E-state index contributed by atoms with van der Waals surface area (Å²) >= 11 is 0. The van der Waals surface area contributed by atoms with Gasteiger partial charge in [0.2, 0.25) is 0 Å². The SMILES string of the molecule is C=N/C(C)=C\C(=C/C)C1N=C(N(C)C2CCNCC2)c2c(cncc2C2CC2)N1. The van der Waals surface area contributed by atoms with Gasteiger partial charge in [-0.15, -0.1) is 0 Å². The number of nitrogens with zero attached hydrogens (tertiary/aromatic N) is 4. The van der Waals surface area contributed by atoms with Crippen molar-refractivity contribution in [3.05, 3.63) is 46.9 Å². The summed E-state index contributed by atoms with van der Waals surface area (Å²) in [6.07, 6.45) is 12.8. The Kier molecular flexibility index (Phi) is 5.81. The quantitative estimate of drug-likeness (QED) is 0.592. The molecule has 0 amide bonds. The molecule has 154 valence electrons. The first-order valence-corrected chi connectivity index (χ1v) is 10.7. The number of anilines is 1. The van der Waals surface area contributed by atoms with Crippen LogP contribution in [0.5, 0.6) is 0 Å². The Labute approximate surface area is 173 Å². The van der Waals surface area contributed by atoms with Crippen LogP contribution in [0.1, 0.15) is 56.6 Å². The molecule has 4 rings (SSSR count). The standard InChI is InChI=1S/C23H32N6/c1-5-16(12-15(2)24-3)22-27-20-14-26-13-19(17-6-7-17)21(20)23(28-22)29(4)18-8-10-25-11-9-18/h5,12-14,17-18,22,25,27H,3,6-11H2,1-2,4H3/b15-12-,16-5+. The first kappa shape index (κ1) is 19.8. The van der Waals surface area contributed by atoms with Crippen LogP contribution in [0.25, 0.3) is 0 Å². The van der Waals surface area contributed by atoms with Gasteiger partial charge in [-0.25, -0.2) is 4.99 Å². The number of hydrogen-bond donors (Lipinski definition) is 2. The molecule has 2 fully saturated rings. The van der Waals surface area contributed by atoms with Gasteiger partial charge in [0.05, 0.1) is 11.9 Å². The third-order valence-electron chi connectivity index (χ3n) is 6.22. The summed E-state index contributed by atoms with van der Waals surface area (Å²) in [7, 11) is 2.21. The van der Waals surface area contributed by atoms with Gasteiger partial charge in [0.15, 0.2) is 0 Å². The average Bonchev–Trinajstić information content (AvgIpc) is 3.61.